The van der Waals surface area contributed by atoms with E-state index in [-0.39, 0.29) is 17.0 Å². The zero-order valence-corrected chi connectivity index (χ0v) is 13.5. The Kier molecular flexibility index (Phi) is 4.16. The minimum Gasteiger partial charge on any atom is -0.543 e. The highest BCUT2D eigenvalue weighted by Crippen LogP contribution is 2.40. The minimum absolute atomic E-state index is 0.00411. The number of carbonyl (C=O) groups is 2. The van der Waals surface area contributed by atoms with Gasteiger partial charge in [0, 0.05) is 28.5 Å². The van der Waals surface area contributed by atoms with Gasteiger partial charge < -0.3 is 15.6 Å². The number of β-lactam (4-membered cyclic amide) rings is 1. The summed E-state index contributed by atoms with van der Waals surface area (Å²) in [4.78, 5) is 25.6. The molecule has 0 bridgehead atoms. The number of thioether (sulfide) groups is 2. The fraction of sp³-hybridized carbons (Fsp3) is 0.357. The predicted molar refractivity (Wildman–Crippen MR) is 81.4 cm³/mol. The van der Waals surface area contributed by atoms with Crippen molar-refractivity contribution in [2.75, 3.05) is 11.5 Å². The molecule has 1 fully saturated rings. The number of carboxylic acid groups (broad SMARTS) is 1. The molecule has 1 unspecified atom stereocenters. The Bertz CT molecular complexity index is 660. The second-order valence-electron chi connectivity index (χ2n) is 5.16. The largest absolute Gasteiger partial charge is 0.543 e. The van der Waals surface area contributed by atoms with Crippen molar-refractivity contribution in [3.8, 4) is 0 Å². The SMILES string of the molecule is C[n+]1ccc(SCC2=C(C(=O)[O-])N3C(=O)C(N)[C@@H]3SC2)cc1. The molecule has 6 nitrogen and oxygen atoms in total. The van der Waals surface area contributed by atoms with Gasteiger partial charge in [-0.25, -0.2) is 4.57 Å². The van der Waals surface area contributed by atoms with Gasteiger partial charge in [0.05, 0.1) is 11.7 Å². The topological polar surface area (TPSA) is 90.3 Å². The van der Waals surface area contributed by atoms with Crippen molar-refractivity contribution < 1.29 is 19.3 Å². The number of hydrogen-bond donors (Lipinski definition) is 1. The Morgan fingerprint density at radius 2 is 2.23 bits per heavy atom. The summed E-state index contributed by atoms with van der Waals surface area (Å²) in [5.41, 5.74) is 6.42. The van der Waals surface area contributed by atoms with Gasteiger partial charge in [0.25, 0.3) is 0 Å². The zero-order chi connectivity index (χ0) is 15.9. The van der Waals surface area contributed by atoms with Crippen LogP contribution in [-0.4, -0.2) is 39.7 Å². The average Bonchev–Trinajstić information content (AvgIpc) is 2.52. The van der Waals surface area contributed by atoms with Crippen LogP contribution in [0.15, 0.2) is 40.7 Å². The van der Waals surface area contributed by atoms with Gasteiger partial charge in [-0.15, -0.1) is 23.5 Å². The Morgan fingerprint density at radius 3 is 2.86 bits per heavy atom. The Hall–Kier alpha value is -1.51. The van der Waals surface area contributed by atoms with E-state index in [1.54, 1.807) is 11.8 Å². The van der Waals surface area contributed by atoms with Crippen LogP contribution in [0, 0.1) is 0 Å². The van der Waals surface area contributed by atoms with Crippen LogP contribution in [0.4, 0.5) is 0 Å². The van der Waals surface area contributed by atoms with Crippen LogP contribution in [0.1, 0.15) is 0 Å². The van der Waals surface area contributed by atoms with Gasteiger partial charge in [-0.1, -0.05) is 0 Å². The first-order valence-electron chi connectivity index (χ1n) is 6.71. The number of amides is 1. The quantitative estimate of drug-likeness (QED) is 0.424. The molecule has 0 radical (unpaired) electrons. The number of fused-ring (bicyclic) bond motifs is 1. The molecule has 22 heavy (non-hydrogen) atoms. The number of nitrogens with two attached hydrogens (primary N) is 1. The fourth-order valence-electron chi connectivity index (χ4n) is 2.43. The lowest BCUT2D eigenvalue weighted by atomic mass is 10.0. The van der Waals surface area contributed by atoms with Crippen molar-refractivity contribution in [2.45, 2.75) is 16.3 Å². The highest BCUT2D eigenvalue weighted by atomic mass is 32.2. The summed E-state index contributed by atoms with van der Waals surface area (Å²) >= 11 is 3.05. The van der Waals surface area contributed by atoms with Crippen molar-refractivity contribution in [3.05, 3.63) is 35.8 Å². The number of carbonyl (C=O) groups excluding carboxylic acids is 2. The van der Waals surface area contributed by atoms with Gasteiger partial charge >= 0.3 is 0 Å². The number of nitrogens with zero attached hydrogens (tertiary/aromatic N) is 2. The lowest BCUT2D eigenvalue weighted by molar-refractivity contribution is -0.671. The summed E-state index contributed by atoms with van der Waals surface area (Å²) in [6, 6.07) is 3.32. The monoisotopic (exact) mass is 337 g/mol. The molecule has 2 aliphatic heterocycles. The van der Waals surface area contributed by atoms with E-state index < -0.39 is 12.0 Å². The second kappa shape index (κ2) is 5.94. The molecular weight excluding hydrogens is 322 g/mol. The van der Waals surface area contributed by atoms with Crippen LogP contribution in [0.5, 0.6) is 0 Å². The molecule has 2 aliphatic rings. The molecule has 0 spiro atoms. The van der Waals surface area contributed by atoms with Crippen LogP contribution >= 0.6 is 23.5 Å². The standard InChI is InChI=1S/C14H15N3O3S2/c1-16-4-2-9(3-5-16)21-6-8-7-22-13-10(15)12(18)17(13)11(8)14(19)20/h2-5,10,13H,6-7,15H2,1H3/t10?,13-/m0/s1. The van der Waals surface area contributed by atoms with Gasteiger partial charge in [-0.05, 0) is 5.57 Å². The van der Waals surface area contributed by atoms with Crippen molar-refractivity contribution in [3.63, 3.8) is 0 Å². The first-order valence-corrected chi connectivity index (χ1v) is 8.74. The molecule has 0 aromatic carbocycles. The van der Waals surface area contributed by atoms with E-state index in [0.717, 1.165) is 4.90 Å². The molecule has 8 heteroatoms. The Labute approximate surface area is 136 Å². The van der Waals surface area contributed by atoms with Crippen molar-refractivity contribution >= 4 is 35.4 Å². The summed E-state index contributed by atoms with van der Waals surface area (Å²) in [5.74, 6) is -0.583. The van der Waals surface area contributed by atoms with E-state index in [9.17, 15) is 14.7 Å². The molecule has 1 aromatic rings. The van der Waals surface area contributed by atoms with Gasteiger partial charge in [-0.2, -0.15) is 0 Å². The number of hydrogen-bond acceptors (Lipinski definition) is 6. The third kappa shape index (κ3) is 2.62. The summed E-state index contributed by atoms with van der Waals surface area (Å²) in [7, 11) is 1.93. The van der Waals surface area contributed by atoms with E-state index in [4.69, 9.17) is 5.73 Å². The third-order valence-electron chi connectivity index (χ3n) is 3.64. The number of aromatic nitrogens is 1. The fourth-order valence-corrected chi connectivity index (χ4v) is 4.75. The maximum atomic E-state index is 11.8. The second-order valence-corrected chi connectivity index (χ2v) is 7.32. The number of carboxylic acids is 1. The lowest BCUT2D eigenvalue weighted by Crippen LogP contribution is -2.69. The molecule has 0 saturated carbocycles. The molecule has 1 amide bonds. The lowest BCUT2D eigenvalue weighted by Gasteiger charge is -2.49. The van der Waals surface area contributed by atoms with Crippen LogP contribution in [0.3, 0.4) is 0 Å². The van der Waals surface area contributed by atoms with Crippen LogP contribution in [0.2, 0.25) is 0 Å². The van der Waals surface area contributed by atoms with E-state index in [1.165, 1.54) is 16.7 Å². The van der Waals surface area contributed by atoms with E-state index >= 15 is 0 Å². The summed E-state index contributed by atoms with van der Waals surface area (Å²) in [6.07, 6.45) is 3.86. The molecule has 0 aliphatic carbocycles. The van der Waals surface area contributed by atoms with E-state index in [2.05, 4.69) is 0 Å². The summed E-state index contributed by atoms with van der Waals surface area (Å²) < 4.78 is 1.93. The van der Waals surface area contributed by atoms with E-state index in [0.29, 0.717) is 17.1 Å². The van der Waals surface area contributed by atoms with Crippen LogP contribution in [0.25, 0.3) is 0 Å². The summed E-state index contributed by atoms with van der Waals surface area (Å²) in [6.45, 7) is 0. The first kappa shape index (κ1) is 15.4. The van der Waals surface area contributed by atoms with Gasteiger partial charge in [-0.3, -0.25) is 9.69 Å². The van der Waals surface area contributed by atoms with Gasteiger partial charge in [0.15, 0.2) is 12.4 Å². The molecular formula is C14H15N3O3S2. The number of rotatable bonds is 4. The number of aliphatic carboxylic acids is 1. The van der Waals surface area contributed by atoms with Crippen LogP contribution in [-0.2, 0) is 16.6 Å². The third-order valence-corrected chi connectivity index (χ3v) is 6.10. The van der Waals surface area contributed by atoms with Crippen molar-refractivity contribution in [1.29, 1.82) is 0 Å². The number of pyridine rings is 1. The van der Waals surface area contributed by atoms with Gasteiger partial charge in [0.1, 0.15) is 18.5 Å². The Morgan fingerprint density at radius 1 is 1.55 bits per heavy atom. The maximum Gasteiger partial charge on any atom is 0.248 e. The molecule has 2 N–H and O–H groups in total. The highest BCUT2D eigenvalue weighted by molar-refractivity contribution is 8.01. The normalized spacial score (nSPS) is 24.1. The molecule has 3 heterocycles. The molecule has 1 aromatic heterocycles. The summed E-state index contributed by atoms with van der Waals surface area (Å²) in [5, 5.41) is 11.2. The van der Waals surface area contributed by atoms with Crippen LogP contribution < -0.4 is 15.4 Å². The highest BCUT2D eigenvalue weighted by Gasteiger charge is 2.50. The van der Waals surface area contributed by atoms with Crippen molar-refractivity contribution in [2.24, 2.45) is 12.8 Å². The van der Waals surface area contributed by atoms with E-state index in [1.807, 2.05) is 36.1 Å². The smallest absolute Gasteiger partial charge is 0.248 e. The molecule has 2 atom stereocenters. The first-order chi connectivity index (χ1) is 10.5. The molecule has 116 valence electrons. The zero-order valence-electron chi connectivity index (χ0n) is 11.9. The maximum absolute atomic E-state index is 11.8. The predicted octanol–water partition coefficient (Wildman–Crippen LogP) is -1.15. The molecule has 1 saturated heterocycles. The Balaban J connectivity index is 1.79. The van der Waals surface area contributed by atoms with Crippen molar-refractivity contribution in [1.82, 2.24) is 4.90 Å². The number of aryl methyl sites for hydroxylation is 1. The van der Waals surface area contributed by atoms with Gasteiger partial charge in [0.2, 0.25) is 5.91 Å². The average molecular weight is 337 g/mol. The minimum atomic E-state index is -1.30. The molecule has 3 rings (SSSR count).